The number of nitrogens with zero attached hydrogens (tertiary/aromatic N) is 1. The molecule has 1 aromatic carbocycles. The molecule has 1 fully saturated rings. The van der Waals surface area contributed by atoms with Crippen LogP contribution in [0.4, 0.5) is 0 Å². The van der Waals surface area contributed by atoms with Crippen molar-refractivity contribution in [3.8, 4) is 0 Å². The fourth-order valence-electron chi connectivity index (χ4n) is 2.35. The standard InChI is InChI=1S/C16H20N2O2S2/c1-4-10-18-14(20)12(16(2,3)22-15(18)21)17-13(19)11-8-6-5-7-9-11/h5-9,12H,4,10H2,1-3H3,(H,17,19). The van der Waals surface area contributed by atoms with E-state index >= 15 is 0 Å². The number of rotatable bonds is 4. The van der Waals surface area contributed by atoms with E-state index in [0.717, 1.165) is 6.42 Å². The third-order valence-electron chi connectivity index (χ3n) is 3.54. The van der Waals surface area contributed by atoms with Crippen molar-refractivity contribution in [2.75, 3.05) is 6.54 Å². The van der Waals surface area contributed by atoms with E-state index in [1.54, 1.807) is 29.2 Å². The lowest BCUT2D eigenvalue weighted by atomic mass is 10.0. The minimum absolute atomic E-state index is 0.125. The fraction of sp³-hybridized carbons (Fsp3) is 0.438. The van der Waals surface area contributed by atoms with Gasteiger partial charge in [-0.1, -0.05) is 49.1 Å². The lowest BCUT2D eigenvalue weighted by Gasteiger charge is -2.42. The molecule has 0 saturated carbocycles. The molecule has 1 unspecified atom stereocenters. The van der Waals surface area contributed by atoms with Gasteiger partial charge in [0.15, 0.2) is 0 Å². The highest BCUT2D eigenvalue weighted by Gasteiger charge is 2.46. The maximum absolute atomic E-state index is 12.7. The Labute approximate surface area is 140 Å². The number of amides is 2. The second-order valence-corrected chi connectivity index (χ2v) is 8.02. The van der Waals surface area contributed by atoms with Crippen LogP contribution in [0.5, 0.6) is 0 Å². The zero-order valence-corrected chi connectivity index (χ0v) is 14.6. The first-order valence-electron chi connectivity index (χ1n) is 7.27. The third-order valence-corrected chi connectivity index (χ3v) is 5.16. The molecule has 1 N–H and O–H groups in total. The molecule has 1 heterocycles. The summed E-state index contributed by atoms with van der Waals surface area (Å²) in [5.74, 6) is -0.364. The number of hydrogen-bond acceptors (Lipinski definition) is 4. The molecule has 0 spiro atoms. The summed E-state index contributed by atoms with van der Waals surface area (Å²) in [7, 11) is 0. The number of thioether (sulfide) groups is 1. The maximum Gasteiger partial charge on any atom is 0.252 e. The van der Waals surface area contributed by atoms with Crippen LogP contribution in [0.2, 0.25) is 0 Å². The van der Waals surface area contributed by atoms with E-state index in [-0.39, 0.29) is 11.8 Å². The van der Waals surface area contributed by atoms with Gasteiger partial charge in [0.05, 0.1) is 0 Å². The van der Waals surface area contributed by atoms with Crippen LogP contribution in [0.1, 0.15) is 37.6 Å². The Morgan fingerprint density at radius 1 is 1.36 bits per heavy atom. The molecule has 6 heteroatoms. The topological polar surface area (TPSA) is 49.4 Å². The van der Waals surface area contributed by atoms with Gasteiger partial charge in [-0.25, -0.2) is 0 Å². The van der Waals surface area contributed by atoms with E-state index in [1.165, 1.54) is 11.8 Å². The Hall–Kier alpha value is -1.40. The number of nitrogens with one attached hydrogen (secondary N) is 1. The van der Waals surface area contributed by atoms with E-state index in [9.17, 15) is 9.59 Å². The van der Waals surface area contributed by atoms with Gasteiger partial charge in [-0.05, 0) is 32.4 Å². The molecule has 0 aliphatic carbocycles. The van der Waals surface area contributed by atoms with Gasteiger partial charge in [0.2, 0.25) is 0 Å². The quantitative estimate of drug-likeness (QED) is 0.859. The largest absolute Gasteiger partial charge is 0.339 e. The summed E-state index contributed by atoms with van der Waals surface area (Å²) in [4.78, 5) is 26.7. The lowest BCUT2D eigenvalue weighted by Crippen LogP contribution is -2.62. The smallest absolute Gasteiger partial charge is 0.252 e. The van der Waals surface area contributed by atoms with Gasteiger partial charge in [-0.3, -0.25) is 14.5 Å². The van der Waals surface area contributed by atoms with Crippen molar-refractivity contribution in [2.45, 2.75) is 38.0 Å². The molecule has 4 nitrogen and oxygen atoms in total. The molecule has 1 aromatic rings. The Balaban J connectivity index is 2.21. The molecule has 0 bridgehead atoms. The average Bonchev–Trinajstić information content (AvgIpc) is 2.48. The van der Waals surface area contributed by atoms with Crippen molar-refractivity contribution in [3.63, 3.8) is 0 Å². The van der Waals surface area contributed by atoms with Gasteiger partial charge in [0.25, 0.3) is 11.8 Å². The maximum atomic E-state index is 12.7. The Morgan fingerprint density at radius 2 is 2.00 bits per heavy atom. The molecular weight excluding hydrogens is 316 g/mol. The summed E-state index contributed by atoms with van der Waals surface area (Å²) in [6, 6.07) is 8.33. The van der Waals surface area contributed by atoms with Gasteiger partial charge in [0.1, 0.15) is 10.4 Å². The summed E-state index contributed by atoms with van der Waals surface area (Å²) in [6.45, 7) is 6.44. The van der Waals surface area contributed by atoms with Crippen molar-refractivity contribution in [3.05, 3.63) is 35.9 Å². The molecule has 118 valence electrons. The van der Waals surface area contributed by atoms with Gasteiger partial charge in [-0.2, -0.15) is 0 Å². The lowest BCUT2D eigenvalue weighted by molar-refractivity contribution is -0.130. The predicted octanol–water partition coefficient (Wildman–Crippen LogP) is 2.83. The molecule has 0 aromatic heterocycles. The summed E-state index contributed by atoms with van der Waals surface area (Å²) >= 11 is 6.80. The molecule has 2 rings (SSSR count). The molecular formula is C16H20N2O2S2. The van der Waals surface area contributed by atoms with Crippen LogP contribution in [-0.2, 0) is 4.79 Å². The van der Waals surface area contributed by atoms with Gasteiger partial charge in [-0.15, -0.1) is 0 Å². The minimum atomic E-state index is -0.594. The Bertz CT molecular complexity index is 587. The van der Waals surface area contributed by atoms with Gasteiger partial charge in [0, 0.05) is 16.9 Å². The molecule has 2 amide bonds. The first-order valence-corrected chi connectivity index (χ1v) is 8.49. The van der Waals surface area contributed by atoms with Crippen LogP contribution in [-0.4, -0.2) is 38.4 Å². The second kappa shape index (κ2) is 6.79. The fourth-order valence-corrected chi connectivity index (χ4v) is 4.19. The number of carbonyl (C=O) groups excluding carboxylic acids is 2. The third kappa shape index (κ3) is 3.50. The highest BCUT2D eigenvalue weighted by atomic mass is 32.2. The zero-order chi connectivity index (χ0) is 16.3. The SMILES string of the molecule is CCCN1C(=O)C(NC(=O)c2ccccc2)C(C)(C)SC1=S. The van der Waals surface area contributed by atoms with E-state index in [2.05, 4.69) is 5.32 Å². The van der Waals surface area contributed by atoms with Crippen LogP contribution in [0.3, 0.4) is 0 Å². The average molecular weight is 336 g/mol. The van der Waals surface area contributed by atoms with E-state index in [1.807, 2.05) is 26.8 Å². The predicted molar refractivity (Wildman–Crippen MR) is 94.0 cm³/mol. The van der Waals surface area contributed by atoms with Crippen LogP contribution >= 0.6 is 24.0 Å². The molecule has 1 aliphatic rings. The van der Waals surface area contributed by atoms with Crippen LogP contribution in [0.15, 0.2) is 30.3 Å². The van der Waals surface area contributed by atoms with Gasteiger partial charge >= 0.3 is 0 Å². The number of hydrogen-bond donors (Lipinski definition) is 1. The van der Waals surface area contributed by atoms with Crippen molar-refractivity contribution in [2.24, 2.45) is 0 Å². The van der Waals surface area contributed by atoms with E-state index in [4.69, 9.17) is 12.2 Å². The second-order valence-electron chi connectivity index (χ2n) is 5.73. The summed E-state index contributed by atoms with van der Waals surface area (Å²) < 4.78 is 0.116. The zero-order valence-electron chi connectivity index (χ0n) is 13.0. The Morgan fingerprint density at radius 3 is 2.59 bits per heavy atom. The molecule has 22 heavy (non-hydrogen) atoms. The summed E-state index contributed by atoms with van der Waals surface area (Å²) in [5.41, 5.74) is 0.547. The summed E-state index contributed by atoms with van der Waals surface area (Å²) in [6.07, 6.45) is 0.826. The van der Waals surface area contributed by atoms with Crippen molar-refractivity contribution in [1.29, 1.82) is 0 Å². The van der Waals surface area contributed by atoms with Gasteiger partial charge < -0.3 is 5.32 Å². The van der Waals surface area contributed by atoms with E-state index < -0.39 is 10.8 Å². The molecule has 1 atom stereocenters. The van der Waals surface area contributed by atoms with Crippen LogP contribution < -0.4 is 5.32 Å². The van der Waals surface area contributed by atoms with Crippen LogP contribution in [0, 0.1) is 0 Å². The molecule has 1 aliphatic heterocycles. The van der Waals surface area contributed by atoms with Crippen molar-refractivity contribution in [1.82, 2.24) is 10.2 Å². The van der Waals surface area contributed by atoms with Crippen molar-refractivity contribution >= 4 is 40.1 Å². The normalized spacial score (nSPS) is 20.9. The number of benzene rings is 1. The summed E-state index contributed by atoms with van der Waals surface area (Å²) in [5, 5.41) is 2.87. The highest BCUT2D eigenvalue weighted by molar-refractivity contribution is 8.24. The molecule has 0 radical (unpaired) electrons. The number of carbonyl (C=O) groups is 2. The highest BCUT2D eigenvalue weighted by Crippen LogP contribution is 2.36. The van der Waals surface area contributed by atoms with Crippen molar-refractivity contribution < 1.29 is 9.59 Å². The first kappa shape index (κ1) is 17.0. The minimum Gasteiger partial charge on any atom is -0.339 e. The monoisotopic (exact) mass is 336 g/mol. The molecule has 1 saturated heterocycles. The van der Waals surface area contributed by atoms with E-state index in [0.29, 0.717) is 16.4 Å². The number of thiocarbonyl (C=S) groups is 1. The Kier molecular flexibility index (Phi) is 5.24. The van der Waals surface area contributed by atoms with Crippen LogP contribution in [0.25, 0.3) is 0 Å². The first-order chi connectivity index (χ1) is 10.4.